The second-order valence-corrected chi connectivity index (χ2v) is 4.60. The van der Waals surface area contributed by atoms with Crippen molar-refractivity contribution in [2.24, 2.45) is 0 Å². The molecule has 2 N–H and O–H groups in total. The van der Waals surface area contributed by atoms with Crippen molar-refractivity contribution in [1.82, 2.24) is 0 Å². The second-order valence-electron chi connectivity index (χ2n) is 4.60. The van der Waals surface area contributed by atoms with Gasteiger partial charge in [0.15, 0.2) is 11.5 Å². The van der Waals surface area contributed by atoms with Crippen molar-refractivity contribution < 1.29 is 14.9 Å². The SMILES string of the molecule is CCC(C)c1ccc(Oc2cccc(O)c2O)cc1. The third-order valence-electron chi connectivity index (χ3n) is 3.27. The van der Waals surface area contributed by atoms with Crippen molar-refractivity contribution in [3.8, 4) is 23.0 Å². The van der Waals surface area contributed by atoms with Gasteiger partial charge >= 0.3 is 0 Å². The topological polar surface area (TPSA) is 49.7 Å². The molecule has 0 spiro atoms. The standard InChI is InChI=1S/C16H18O3/c1-3-11(2)12-7-9-13(10-8-12)19-15-6-4-5-14(17)16(15)18/h4-11,17-18H,3H2,1-2H3. The molecule has 0 fully saturated rings. The maximum absolute atomic E-state index is 9.66. The van der Waals surface area contributed by atoms with Crippen LogP contribution in [0.1, 0.15) is 31.7 Å². The molecule has 19 heavy (non-hydrogen) atoms. The lowest BCUT2D eigenvalue weighted by molar-refractivity contribution is 0.373. The number of phenols is 2. The molecule has 0 bridgehead atoms. The van der Waals surface area contributed by atoms with E-state index in [9.17, 15) is 10.2 Å². The Balaban J connectivity index is 2.18. The minimum atomic E-state index is -0.242. The number of hydrogen-bond donors (Lipinski definition) is 2. The highest BCUT2D eigenvalue weighted by molar-refractivity contribution is 5.50. The summed E-state index contributed by atoms with van der Waals surface area (Å²) in [6.45, 7) is 4.33. The number of benzene rings is 2. The monoisotopic (exact) mass is 258 g/mol. The van der Waals surface area contributed by atoms with Gasteiger partial charge in [0.05, 0.1) is 0 Å². The van der Waals surface area contributed by atoms with E-state index in [2.05, 4.69) is 13.8 Å². The Morgan fingerprint density at radius 3 is 2.37 bits per heavy atom. The van der Waals surface area contributed by atoms with Gasteiger partial charge in [-0.3, -0.25) is 0 Å². The molecule has 0 aliphatic heterocycles. The molecular formula is C16H18O3. The van der Waals surface area contributed by atoms with Gasteiger partial charge in [0.2, 0.25) is 5.75 Å². The molecule has 1 unspecified atom stereocenters. The molecule has 2 rings (SSSR count). The molecule has 0 saturated carbocycles. The third-order valence-corrected chi connectivity index (χ3v) is 3.27. The molecule has 100 valence electrons. The van der Waals surface area contributed by atoms with E-state index in [0.717, 1.165) is 6.42 Å². The third kappa shape index (κ3) is 2.99. The Bertz CT molecular complexity index is 546. The van der Waals surface area contributed by atoms with Crippen LogP contribution < -0.4 is 4.74 Å². The minimum Gasteiger partial charge on any atom is -0.504 e. The number of rotatable bonds is 4. The molecule has 0 aliphatic rings. The molecule has 1 atom stereocenters. The van der Waals surface area contributed by atoms with E-state index in [-0.39, 0.29) is 17.2 Å². The fraction of sp³-hybridized carbons (Fsp3) is 0.250. The minimum absolute atomic E-state index is 0.186. The van der Waals surface area contributed by atoms with E-state index in [0.29, 0.717) is 11.7 Å². The number of ether oxygens (including phenoxy) is 1. The summed E-state index contributed by atoms with van der Waals surface area (Å²) in [6, 6.07) is 12.4. The van der Waals surface area contributed by atoms with Gasteiger partial charge in [-0.15, -0.1) is 0 Å². The van der Waals surface area contributed by atoms with Crippen molar-refractivity contribution in [2.45, 2.75) is 26.2 Å². The van der Waals surface area contributed by atoms with Crippen LogP contribution in [0.25, 0.3) is 0 Å². The van der Waals surface area contributed by atoms with Crippen LogP contribution in [-0.2, 0) is 0 Å². The van der Waals surface area contributed by atoms with Crippen LogP contribution >= 0.6 is 0 Å². The Hall–Kier alpha value is -2.16. The zero-order valence-corrected chi connectivity index (χ0v) is 11.1. The van der Waals surface area contributed by atoms with Crippen LogP contribution in [0, 0.1) is 0 Å². The van der Waals surface area contributed by atoms with Crippen LogP contribution in [0.3, 0.4) is 0 Å². The number of para-hydroxylation sites is 1. The summed E-state index contributed by atoms with van der Waals surface area (Å²) < 4.78 is 5.55. The summed E-state index contributed by atoms with van der Waals surface area (Å²) in [7, 11) is 0. The average Bonchev–Trinajstić information content (AvgIpc) is 2.44. The number of phenolic OH excluding ortho intramolecular Hbond substituents is 2. The van der Waals surface area contributed by atoms with Crippen molar-refractivity contribution in [3.63, 3.8) is 0 Å². The van der Waals surface area contributed by atoms with Crippen LogP contribution in [0.15, 0.2) is 42.5 Å². The Morgan fingerprint density at radius 2 is 1.74 bits per heavy atom. The first-order valence-electron chi connectivity index (χ1n) is 6.40. The van der Waals surface area contributed by atoms with Gasteiger partial charge in [-0.2, -0.15) is 0 Å². The van der Waals surface area contributed by atoms with Gasteiger partial charge in [-0.05, 0) is 42.2 Å². The van der Waals surface area contributed by atoms with Gasteiger partial charge in [-0.1, -0.05) is 32.0 Å². The maximum atomic E-state index is 9.66. The predicted octanol–water partition coefficient (Wildman–Crippen LogP) is 4.40. The first-order valence-corrected chi connectivity index (χ1v) is 6.40. The van der Waals surface area contributed by atoms with Crippen molar-refractivity contribution in [2.75, 3.05) is 0 Å². The zero-order chi connectivity index (χ0) is 13.8. The number of aromatic hydroxyl groups is 2. The van der Waals surface area contributed by atoms with Crippen LogP contribution in [0.5, 0.6) is 23.0 Å². The van der Waals surface area contributed by atoms with Gasteiger partial charge in [0.1, 0.15) is 5.75 Å². The highest BCUT2D eigenvalue weighted by Gasteiger charge is 2.08. The number of hydrogen-bond acceptors (Lipinski definition) is 3. The van der Waals surface area contributed by atoms with E-state index >= 15 is 0 Å². The molecule has 2 aromatic carbocycles. The van der Waals surface area contributed by atoms with Crippen LogP contribution in [-0.4, -0.2) is 10.2 Å². The molecule has 0 amide bonds. The molecule has 0 heterocycles. The summed E-state index contributed by atoms with van der Waals surface area (Å²) in [5.41, 5.74) is 1.26. The Kier molecular flexibility index (Phi) is 3.95. The highest BCUT2D eigenvalue weighted by atomic mass is 16.5. The highest BCUT2D eigenvalue weighted by Crippen LogP contribution is 2.37. The first-order chi connectivity index (χ1) is 9.11. The lowest BCUT2D eigenvalue weighted by atomic mass is 9.99. The summed E-state index contributed by atoms with van der Waals surface area (Å²) >= 11 is 0. The fourth-order valence-corrected chi connectivity index (χ4v) is 1.82. The molecular weight excluding hydrogens is 240 g/mol. The van der Waals surface area contributed by atoms with E-state index in [1.165, 1.54) is 11.6 Å². The summed E-state index contributed by atoms with van der Waals surface area (Å²) in [4.78, 5) is 0. The molecule has 0 aliphatic carbocycles. The quantitative estimate of drug-likeness (QED) is 0.799. The van der Waals surface area contributed by atoms with E-state index < -0.39 is 0 Å². The van der Waals surface area contributed by atoms with Gasteiger partial charge in [-0.25, -0.2) is 0 Å². The Morgan fingerprint density at radius 1 is 1.05 bits per heavy atom. The largest absolute Gasteiger partial charge is 0.504 e. The second kappa shape index (κ2) is 5.65. The maximum Gasteiger partial charge on any atom is 0.201 e. The fourth-order valence-electron chi connectivity index (χ4n) is 1.82. The molecule has 0 radical (unpaired) electrons. The van der Waals surface area contributed by atoms with E-state index in [1.54, 1.807) is 12.1 Å². The van der Waals surface area contributed by atoms with E-state index in [4.69, 9.17) is 4.74 Å². The van der Waals surface area contributed by atoms with Crippen molar-refractivity contribution in [1.29, 1.82) is 0 Å². The molecule has 0 aromatic heterocycles. The van der Waals surface area contributed by atoms with E-state index in [1.807, 2.05) is 24.3 Å². The van der Waals surface area contributed by atoms with Crippen molar-refractivity contribution in [3.05, 3.63) is 48.0 Å². The molecule has 3 heteroatoms. The lowest BCUT2D eigenvalue weighted by Crippen LogP contribution is -1.91. The summed E-state index contributed by atoms with van der Waals surface area (Å²) in [5, 5.41) is 19.1. The average molecular weight is 258 g/mol. The zero-order valence-electron chi connectivity index (χ0n) is 11.1. The Labute approximate surface area is 113 Å². The summed E-state index contributed by atoms with van der Waals surface area (Å²) in [5.74, 6) is 0.967. The van der Waals surface area contributed by atoms with Crippen LogP contribution in [0.2, 0.25) is 0 Å². The van der Waals surface area contributed by atoms with Crippen LogP contribution in [0.4, 0.5) is 0 Å². The van der Waals surface area contributed by atoms with Gasteiger partial charge < -0.3 is 14.9 Å². The summed E-state index contributed by atoms with van der Waals surface area (Å²) in [6.07, 6.45) is 1.09. The van der Waals surface area contributed by atoms with Crippen molar-refractivity contribution >= 4 is 0 Å². The molecule has 3 nitrogen and oxygen atoms in total. The normalized spacial score (nSPS) is 12.1. The van der Waals surface area contributed by atoms with Gasteiger partial charge in [0.25, 0.3) is 0 Å². The first kappa shape index (κ1) is 13.3. The predicted molar refractivity (Wildman–Crippen MR) is 75.0 cm³/mol. The molecule has 2 aromatic rings. The smallest absolute Gasteiger partial charge is 0.201 e. The van der Waals surface area contributed by atoms with Gasteiger partial charge in [0, 0.05) is 0 Å². The lowest BCUT2D eigenvalue weighted by Gasteiger charge is -2.11. The molecule has 0 saturated heterocycles.